The smallest absolute Gasteiger partial charge is 0.261 e. The van der Waals surface area contributed by atoms with Crippen LogP contribution in [0.1, 0.15) is 12.7 Å². The summed E-state index contributed by atoms with van der Waals surface area (Å²) in [6.07, 6.45) is 2.55. The van der Waals surface area contributed by atoms with Crippen LogP contribution < -0.4 is 5.32 Å². The lowest BCUT2D eigenvalue weighted by Gasteiger charge is -2.04. The molecule has 24 heavy (non-hydrogen) atoms. The van der Waals surface area contributed by atoms with E-state index in [4.69, 9.17) is 16.1 Å². The largest absolute Gasteiger partial charge is 0.334 e. The van der Waals surface area contributed by atoms with E-state index >= 15 is 0 Å². The predicted octanol–water partition coefficient (Wildman–Crippen LogP) is 3.36. The van der Waals surface area contributed by atoms with Crippen molar-refractivity contribution in [2.45, 2.75) is 19.4 Å². The fraction of sp³-hybridized carbons (Fsp3) is 0.312. The fourth-order valence-corrected chi connectivity index (χ4v) is 2.54. The van der Waals surface area contributed by atoms with Gasteiger partial charge in [0.05, 0.1) is 10.6 Å². The highest BCUT2D eigenvalue weighted by atomic mass is 35.5. The number of benzene rings is 1. The lowest BCUT2D eigenvalue weighted by molar-refractivity contribution is 0.418. The third-order valence-electron chi connectivity index (χ3n) is 3.64. The maximum atomic E-state index is 6.30. The second-order valence-electron chi connectivity index (χ2n) is 5.45. The molecule has 0 fully saturated rings. The normalized spacial score (nSPS) is 12.0. The van der Waals surface area contributed by atoms with E-state index < -0.39 is 0 Å². The summed E-state index contributed by atoms with van der Waals surface area (Å²) in [7, 11) is 3.76. The van der Waals surface area contributed by atoms with Crippen molar-refractivity contribution in [3.05, 3.63) is 41.3 Å². The van der Waals surface area contributed by atoms with Gasteiger partial charge in [-0.25, -0.2) is 0 Å². The van der Waals surface area contributed by atoms with Gasteiger partial charge in [0, 0.05) is 31.3 Å². The molecule has 2 heterocycles. The van der Waals surface area contributed by atoms with Gasteiger partial charge < -0.3 is 9.84 Å². The summed E-state index contributed by atoms with van der Waals surface area (Å²) in [6, 6.07) is 7.85. The highest BCUT2D eigenvalue weighted by Crippen LogP contribution is 2.33. The molecule has 6 nitrogen and oxygen atoms in total. The van der Waals surface area contributed by atoms with Crippen LogP contribution in [0.5, 0.6) is 0 Å². The van der Waals surface area contributed by atoms with Gasteiger partial charge >= 0.3 is 0 Å². The molecule has 1 atom stereocenters. The number of halogens is 2. The van der Waals surface area contributed by atoms with Gasteiger partial charge in [0.25, 0.3) is 5.89 Å². The van der Waals surface area contributed by atoms with Crippen molar-refractivity contribution in [3.8, 4) is 22.7 Å². The predicted molar refractivity (Wildman–Crippen MR) is 96.4 cm³/mol. The molecule has 1 unspecified atom stereocenters. The first-order valence-electron chi connectivity index (χ1n) is 7.37. The summed E-state index contributed by atoms with van der Waals surface area (Å²) in [5.41, 5.74) is 2.35. The zero-order chi connectivity index (χ0) is 16.4. The molecule has 0 saturated heterocycles. The van der Waals surface area contributed by atoms with Crippen molar-refractivity contribution in [2.75, 3.05) is 7.05 Å². The number of hydrogen-bond acceptors (Lipinski definition) is 5. The summed E-state index contributed by atoms with van der Waals surface area (Å²) >= 11 is 6.30. The van der Waals surface area contributed by atoms with E-state index in [0.717, 1.165) is 16.8 Å². The number of likely N-dealkylation sites (N-methyl/N-ethyl adjacent to an activating group) is 1. The van der Waals surface area contributed by atoms with Gasteiger partial charge in [-0.2, -0.15) is 10.1 Å². The number of nitrogens with zero attached hydrogens (tertiary/aromatic N) is 4. The van der Waals surface area contributed by atoms with Gasteiger partial charge in [0.1, 0.15) is 5.69 Å². The number of aryl methyl sites for hydroxylation is 1. The van der Waals surface area contributed by atoms with Gasteiger partial charge in [0.2, 0.25) is 0 Å². The molecule has 0 aliphatic heterocycles. The molecular formula is C16H19Cl2N5O. The molecule has 1 N–H and O–H groups in total. The number of hydrogen-bond donors (Lipinski definition) is 1. The lowest BCUT2D eigenvalue weighted by Crippen LogP contribution is -2.24. The third kappa shape index (κ3) is 3.77. The van der Waals surface area contributed by atoms with E-state index in [1.165, 1.54) is 0 Å². The van der Waals surface area contributed by atoms with Crippen molar-refractivity contribution in [2.24, 2.45) is 7.05 Å². The molecule has 128 valence electrons. The zero-order valence-electron chi connectivity index (χ0n) is 13.7. The molecule has 3 aromatic rings. The van der Waals surface area contributed by atoms with Crippen molar-refractivity contribution < 1.29 is 4.52 Å². The van der Waals surface area contributed by atoms with E-state index in [1.54, 1.807) is 4.68 Å². The van der Waals surface area contributed by atoms with Crippen LogP contribution in [0.2, 0.25) is 5.02 Å². The van der Waals surface area contributed by atoms with Gasteiger partial charge in [0.15, 0.2) is 5.82 Å². The zero-order valence-corrected chi connectivity index (χ0v) is 15.2. The Kier molecular flexibility index (Phi) is 5.99. The molecule has 0 spiro atoms. The molecule has 0 saturated carbocycles. The minimum Gasteiger partial charge on any atom is -0.334 e. The number of nitrogens with one attached hydrogen (secondary N) is 1. The van der Waals surface area contributed by atoms with Crippen LogP contribution in [-0.4, -0.2) is 33.0 Å². The third-order valence-corrected chi connectivity index (χ3v) is 3.97. The minimum atomic E-state index is 0. The molecule has 0 aliphatic rings. The van der Waals surface area contributed by atoms with E-state index in [1.807, 2.05) is 44.6 Å². The first kappa shape index (κ1) is 18.4. The van der Waals surface area contributed by atoms with Crippen molar-refractivity contribution in [1.82, 2.24) is 25.2 Å². The molecular weight excluding hydrogens is 349 g/mol. The van der Waals surface area contributed by atoms with Crippen molar-refractivity contribution >= 4 is 24.0 Å². The van der Waals surface area contributed by atoms with Crippen LogP contribution in [0.25, 0.3) is 22.7 Å². The fourth-order valence-electron chi connectivity index (χ4n) is 2.32. The number of aromatic nitrogens is 4. The average Bonchev–Trinajstić information content (AvgIpc) is 3.14. The maximum absolute atomic E-state index is 6.30. The first-order valence-corrected chi connectivity index (χ1v) is 7.75. The Morgan fingerprint density at radius 2 is 2.04 bits per heavy atom. The summed E-state index contributed by atoms with van der Waals surface area (Å²) in [5.74, 6) is 1.11. The SMILES string of the molecule is CNC(C)Cc1noc(-c2cn(C)nc2-c2ccccc2Cl)n1.Cl. The summed E-state index contributed by atoms with van der Waals surface area (Å²) < 4.78 is 7.14. The highest BCUT2D eigenvalue weighted by molar-refractivity contribution is 6.33. The molecule has 0 bridgehead atoms. The van der Waals surface area contributed by atoms with E-state index in [2.05, 4.69) is 27.5 Å². The lowest BCUT2D eigenvalue weighted by atomic mass is 10.1. The second kappa shape index (κ2) is 7.79. The van der Waals surface area contributed by atoms with Crippen LogP contribution in [0.4, 0.5) is 0 Å². The van der Waals surface area contributed by atoms with Crippen LogP contribution in [0.15, 0.2) is 35.0 Å². The topological polar surface area (TPSA) is 68.8 Å². The van der Waals surface area contributed by atoms with Gasteiger partial charge in [-0.05, 0) is 20.0 Å². The van der Waals surface area contributed by atoms with E-state index in [0.29, 0.717) is 23.2 Å². The van der Waals surface area contributed by atoms with Crippen LogP contribution in [-0.2, 0) is 13.5 Å². The monoisotopic (exact) mass is 367 g/mol. The Morgan fingerprint density at radius 3 is 2.75 bits per heavy atom. The summed E-state index contributed by atoms with van der Waals surface area (Å²) in [6.45, 7) is 2.06. The molecule has 0 aliphatic carbocycles. The number of rotatable bonds is 5. The molecule has 0 radical (unpaired) electrons. The Labute approximate surface area is 151 Å². The Balaban J connectivity index is 0.00000208. The standard InChI is InChI=1S/C16H18ClN5O.ClH/c1-10(18-2)8-14-19-16(23-21-14)12-9-22(3)20-15(12)11-6-4-5-7-13(11)17;/h4-7,9-10,18H,8H2,1-3H3;1H. The molecule has 3 rings (SSSR count). The van der Waals surface area contributed by atoms with E-state index in [-0.39, 0.29) is 18.4 Å². The molecule has 0 amide bonds. The Hall–Kier alpha value is -1.89. The quantitative estimate of drug-likeness (QED) is 0.748. The maximum Gasteiger partial charge on any atom is 0.261 e. The highest BCUT2D eigenvalue weighted by Gasteiger charge is 2.20. The van der Waals surface area contributed by atoms with Crippen molar-refractivity contribution in [3.63, 3.8) is 0 Å². The Morgan fingerprint density at radius 1 is 1.29 bits per heavy atom. The summed E-state index contributed by atoms with van der Waals surface area (Å²) in [4.78, 5) is 4.48. The van der Waals surface area contributed by atoms with Crippen LogP contribution >= 0.6 is 24.0 Å². The van der Waals surface area contributed by atoms with Crippen LogP contribution in [0.3, 0.4) is 0 Å². The molecule has 1 aromatic carbocycles. The molecule has 8 heteroatoms. The van der Waals surface area contributed by atoms with Gasteiger partial charge in [-0.1, -0.05) is 35.0 Å². The second-order valence-corrected chi connectivity index (χ2v) is 5.86. The van der Waals surface area contributed by atoms with Gasteiger partial charge in [-0.15, -0.1) is 12.4 Å². The molecule has 2 aromatic heterocycles. The first-order chi connectivity index (χ1) is 11.1. The van der Waals surface area contributed by atoms with Crippen LogP contribution in [0, 0.1) is 0 Å². The van der Waals surface area contributed by atoms with Crippen molar-refractivity contribution in [1.29, 1.82) is 0 Å². The Bertz CT molecular complexity index is 814. The average molecular weight is 368 g/mol. The minimum absolute atomic E-state index is 0. The summed E-state index contributed by atoms with van der Waals surface area (Å²) in [5, 5.41) is 12.3. The van der Waals surface area contributed by atoms with Gasteiger partial charge in [-0.3, -0.25) is 4.68 Å². The van der Waals surface area contributed by atoms with E-state index in [9.17, 15) is 0 Å².